The van der Waals surface area contributed by atoms with Crippen LogP contribution in [0.25, 0.3) is 0 Å². The first-order chi connectivity index (χ1) is 6.37. The molecule has 0 atom stereocenters. The molecule has 0 fully saturated rings. The SMILES string of the molecule is O=C(Cl)c1c(F)c(F)c(Cl)c(Cl)c1F. The molecule has 14 heavy (non-hydrogen) atoms. The first-order valence-corrected chi connectivity index (χ1v) is 4.22. The van der Waals surface area contributed by atoms with E-state index in [0.717, 1.165) is 0 Å². The summed E-state index contributed by atoms with van der Waals surface area (Å²) in [6.45, 7) is 0. The van der Waals surface area contributed by atoms with Crippen LogP contribution >= 0.6 is 34.8 Å². The minimum atomic E-state index is -1.75. The molecule has 0 aliphatic rings. The van der Waals surface area contributed by atoms with Crippen molar-refractivity contribution in [3.8, 4) is 0 Å². The van der Waals surface area contributed by atoms with Crippen molar-refractivity contribution >= 4 is 40.0 Å². The van der Waals surface area contributed by atoms with E-state index in [2.05, 4.69) is 0 Å². The van der Waals surface area contributed by atoms with Crippen molar-refractivity contribution in [1.82, 2.24) is 0 Å². The lowest BCUT2D eigenvalue weighted by molar-refractivity contribution is 0.107. The molecular weight excluding hydrogens is 263 g/mol. The predicted octanol–water partition coefficient (Wildman–Crippen LogP) is 3.79. The van der Waals surface area contributed by atoms with Gasteiger partial charge in [0.2, 0.25) is 0 Å². The van der Waals surface area contributed by atoms with Crippen LogP contribution in [0.2, 0.25) is 10.0 Å². The Morgan fingerprint density at radius 3 is 1.79 bits per heavy atom. The van der Waals surface area contributed by atoms with Crippen molar-refractivity contribution in [1.29, 1.82) is 0 Å². The highest BCUT2D eigenvalue weighted by atomic mass is 35.5. The van der Waals surface area contributed by atoms with Gasteiger partial charge in [-0.25, -0.2) is 13.2 Å². The zero-order chi connectivity index (χ0) is 11.0. The second kappa shape index (κ2) is 3.96. The van der Waals surface area contributed by atoms with Crippen molar-refractivity contribution in [2.45, 2.75) is 0 Å². The average Bonchev–Trinajstić information content (AvgIpc) is 2.11. The topological polar surface area (TPSA) is 17.1 Å². The van der Waals surface area contributed by atoms with E-state index in [9.17, 15) is 18.0 Å². The Balaban J connectivity index is 3.68. The minimum Gasteiger partial charge on any atom is -0.275 e. The quantitative estimate of drug-likeness (QED) is 0.428. The molecule has 0 aliphatic carbocycles. The van der Waals surface area contributed by atoms with Crippen molar-refractivity contribution in [2.24, 2.45) is 0 Å². The number of carbonyl (C=O) groups excluding carboxylic acids is 1. The second-order valence-electron chi connectivity index (χ2n) is 2.22. The average molecular weight is 263 g/mol. The maximum Gasteiger partial charge on any atom is 0.258 e. The third-order valence-electron chi connectivity index (χ3n) is 1.41. The van der Waals surface area contributed by atoms with E-state index in [4.69, 9.17) is 34.8 Å². The molecule has 1 nitrogen and oxygen atoms in total. The fourth-order valence-electron chi connectivity index (χ4n) is 0.777. The molecule has 0 saturated heterocycles. The highest BCUT2D eigenvalue weighted by Crippen LogP contribution is 2.33. The highest BCUT2D eigenvalue weighted by molar-refractivity contribution is 6.68. The summed E-state index contributed by atoms with van der Waals surface area (Å²) in [7, 11) is 0. The first kappa shape index (κ1) is 11.6. The molecule has 7 heteroatoms. The van der Waals surface area contributed by atoms with Gasteiger partial charge in [-0.05, 0) is 11.6 Å². The Morgan fingerprint density at radius 2 is 1.36 bits per heavy atom. The maximum atomic E-state index is 13.0. The van der Waals surface area contributed by atoms with Crippen molar-refractivity contribution in [2.75, 3.05) is 0 Å². The monoisotopic (exact) mass is 262 g/mol. The molecule has 0 amide bonds. The molecule has 0 aromatic heterocycles. The predicted molar refractivity (Wildman–Crippen MR) is 46.5 cm³/mol. The summed E-state index contributed by atoms with van der Waals surface area (Å²) in [6, 6.07) is 0. The molecule has 0 heterocycles. The summed E-state index contributed by atoms with van der Waals surface area (Å²) < 4.78 is 38.7. The number of hydrogen-bond acceptors (Lipinski definition) is 1. The van der Waals surface area contributed by atoms with Gasteiger partial charge in [-0.2, -0.15) is 0 Å². The van der Waals surface area contributed by atoms with E-state index in [1.54, 1.807) is 0 Å². The van der Waals surface area contributed by atoms with Gasteiger partial charge in [-0.3, -0.25) is 4.79 Å². The van der Waals surface area contributed by atoms with Gasteiger partial charge in [0, 0.05) is 0 Å². The molecule has 0 bridgehead atoms. The maximum absolute atomic E-state index is 13.0. The van der Waals surface area contributed by atoms with Gasteiger partial charge < -0.3 is 0 Å². The van der Waals surface area contributed by atoms with Gasteiger partial charge in [-0.15, -0.1) is 0 Å². The van der Waals surface area contributed by atoms with Gasteiger partial charge in [0.1, 0.15) is 10.6 Å². The lowest BCUT2D eigenvalue weighted by Crippen LogP contribution is -2.04. The number of rotatable bonds is 1. The smallest absolute Gasteiger partial charge is 0.258 e. The standard InChI is InChI=1S/C7Cl3F3O/c8-2-3(9)6(13)5(12)1(4(2)11)7(10)14. The Kier molecular flexibility index (Phi) is 3.29. The van der Waals surface area contributed by atoms with Crippen LogP contribution in [0.4, 0.5) is 13.2 Å². The van der Waals surface area contributed by atoms with Crippen LogP contribution in [0.15, 0.2) is 0 Å². The van der Waals surface area contributed by atoms with Crippen LogP contribution < -0.4 is 0 Å². The molecule has 1 aromatic rings. The number of hydrogen-bond donors (Lipinski definition) is 0. The number of carbonyl (C=O) groups is 1. The molecular formula is C7Cl3F3O. The largest absolute Gasteiger partial charge is 0.275 e. The van der Waals surface area contributed by atoms with Gasteiger partial charge in [-0.1, -0.05) is 23.2 Å². The van der Waals surface area contributed by atoms with Crippen LogP contribution in [0, 0.1) is 17.5 Å². The Hall–Kier alpha value is -0.450. The third-order valence-corrected chi connectivity index (χ3v) is 2.40. The molecule has 0 spiro atoms. The van der Waals surface area contributed by atoms with E-state index < -0.39 is 38.3 Å². The zero-order valence-corrected chi connectivity index (χ0v) is 8.44. The second-order valence-corrected chi connectivity index (χ2v) is 3.32. The van der Waals surface area contributed by atoms with Gasteiger partial charge in [0.15, 0.2) is 17.5 Å². The molecule has 0 unspecified atom stereocenters. The van der Waals surface area contributed by atoms with Crippen LogP contribution in [0.1, 0.15) is 10.4 Å². The summed E-state index contributed by atoms with van der Waals surface area (Å²) in [4.78, 5) is 10.5. The normalized spacial score (nSPS) is 10.4. The van der Waals surface area contributed by atoms with Crippen LogP contribution in [-0.2, 0) is 0 Å². The van der Waals surface area contributed by atoms with Gasteiger partial charge in [0.25, 0.3) is 5.24 Å². The summed E-state index contributed by atoms with van der Waals surface area (Å²) >= 11 is 15.1. The van der Waals surface area contributed by atoms with E-state index in [-0.39, 0.29) is 0 Å². The molecule has 0 aliphatic heterocycles. The molecule has 0 saturated carbocycles. The molecule has 0 radical (unpaired) electrons. The van der Waals surface area contributed by atoms with Gasteiger partial charge >= 0.3 is 0 Å². The first-order valence-electron chi connectivity index (χ1n) is 3.09. The molecule has 1 rings (SSSR count). The van der Waals surface area contributed by atoms with Crippen LogP contribution in [0.5, 0.6) is 0 Å². The molecule has 0 N–H and O–H groups in total. The molecule has 1 aromatic carbocycles. The minimum absolute atomic E-state index is 0.880. The Morgan fingerprint density at radius 1 is 0.929 bits per heavy atom. The van der Waals surface area contributed by atoms with Crippen LogP contribution in [0.3, 0.4) is 0 Å². The number of benzene rings is 1. The summed E-state index contributed by atoms with van der Waals surface area (Å²) in [6.07, 6.45) is 0. The highest BCUT2D eigenvalue weighted by Gasteiger charge is 2.26. The lowest BCUT2D eigenvalue weighted by Gasteiger charge is -2.05. The number of halogens is 6. The van der Waals surface area contributed by atoms with E-state index in [1.165, 1.54) is 0 Å². The van der Waals surface area contributed by atoms with Crippen molar-refractivity contribution in [3.05, 3.63) is 33.1 Å². The van der Waals surface area contributed by atoms with Crippen LogP contribution in [-0.4, -0.2) is 5.24 Å². The fraction of sp³-hybridized carbons (Fsp3) is 0. The Labute approximate surface area is 91.4 Å². The summed E-state index contributed by atoms with van der Waals surface area (Å²) in [5.74, 6) is -4.84. The van der Waals surface area contributed by atoms with E-state index >= 15 is 0 Å². The summed E-state index contributed by atoms with van der Waals surface area (Å²) in [5.41, 5.74) is -1.25. The van der Waals surface area contributed by atoms with Crippen molar-refractivity contribution < 1.29 is 18.0 Å². The third kappa shape index (κ3) is 1.69. The van der Waals surface area contributed by atoms with Crippen molar-refractivity contribution in [3.63, 3.8) is 0 Å². The fourth-order valence-corrected chi connectivity index (χ4v) is 1.29. The molecule has 76 valence electrons. The van der Waals surface area contributed by atoms with E-state index in [1.807, 2.05) is 0 Å². The Bertz CT molecular complexity index is 390. The lowest BCUT2D eigenvalue weighted by atomic mass is 10.2. The zero-order valence-electron chi connectivity index (χ0n) is 6.18. The van der Waals surface area contributed by atoms with E-state index in [0.29, 0.717) is 0 Å². The summed E-state index contributed by atoms with van der Waals surface area (Å²) in [5, 5.41) is -3.30. The van der Waals surface area contributed by atoms with Gasteiger partial charge in [0.05, 0.1) is 5.02 Å².